The van der Waals surface area contributed by atoms with Gasteiger partial charge in [0.05, 0.1) is 0 Å². The number of hydrogen-bond acceptors (Lipinski definition) is 2. The van der Waals surface area contributed by atoms with Gasteiger partial charge in [-0.2, -0.15) is 6.92 Å². The van der Waals surface area contributed by atoms with Gasteiger partial charge in [0, 0.05) is 0 Å². The van der Waals surface area contributed by atoms with Crippen LogP contribution in [0.2, 0.25) is 0 Å². The molecule has 0 unspecified atom stereocenters. The van der Waals surface area contributed by atoms with Gasteiger partial charge in [0.15, 0.2) is 0 Å². The number of hydrogen-bond donors (Lipinski definition) is 0. The molecule has 0 bridgehead atoms. The van der Waals surface area contributed by atoms with Crippen LogP contribution >= 0.6 is 0 Å². The first-order chi connectivity index (χ1) is 2.41. The molecule has 0 aromatic rings. The molecular formula is C3H4MgO2. The van der Waals surface area contributed by atoms with E-state index in [1.807, 2.05) is 0 Å². The molecule has 0 rings (SSSR count). The molecule has 0 aromatic heterocycles. The van der Waals surface area contributed by atoms with Crippen LogP contribution in [0.3, 0.4) is 0 Å². The molecule has 0 heterocycles. The van der Waals surface area contributed by atoms with Crippen molar-refractivity contribution in [3.05, 3.63) is 0 Å². The third-order valence-corrected chi connectivity index (χ3v) is 0. The zero-order valence-electron chi connectivity index (χ0n) is 3.60. The number of carbonyl (C=O) groups excluding carboxylic acids is 2. The molecule has 0 saturated heterocycles. The van der Waals surface area contributed by atoms with Crippen molar-refractivity contribution in [2.24, 2.45) is 0 Å². The van der Waals surface area contributed by atoms with Crippen LogP contribution in [0, 0.1) is 0 Å². The zero-order chi connectivity index (χ0) is 4.71. The summed E-state index contributed by atoms with van der Waals surface area (Å²) in [5.74, 6) is 0. The molecule has 0 spiro atoms. The van der Waals surface area contributed by atoms with Crippen molar-refractivity contribution in [2.75, 3.05) is 0 Å². The van der Waals surface area contributed by atoms with Gasteiger partial charge in [-0.3, -0.25) is 13.1 Å². The Morgan fingerprint density at radius 2 is 1.50 bits per heavy atom. The van der Waals surface area contributed by atoms with Crippen molar-refractivity contribution < 1.29 is 9.59 Å². The van der Waals surface area contributed by atoms with Gasteiger partial charge in [0.25, 0.3) is 0 Å². The Morgan fingerprint density at radius 1 is 1.50 bits per heavy atom. The molecule has 0 amide bonds. The van der Waals surface area contributed by atoms with Gasteiger partial charge in [-0.25, -0.2) is 0 Å². The average molecular weight is 96.4 g/mol. The molecule has 0 aromatic carbocycles. The first-order valence-corrected chi connectivity index (χ1v) is 0.940. The summed E-state index contributed by atoms with van der Waals surface area (Å²) in [6.45, 7) is 4.57. The van der Waals surface area contributed by atoms with E-state index in [1.165, 1.54) is 13.2 Å². The van der Waals surface area contributed by atoms with Gasteiger partial charge >= 0.3 is 23.1 Å². The molecule has 0 aliphatic heterocycles. The molecule has 0 N–H and O–H groups in total. The minimum Gasteiger partial charge on any atom is -0.545 e. The van der Waals surface area contributed by atoms with Crippen molar-refractivity contribution in [2.45, 2.75) is 6.92 Å². The Kier molecular flexibility index (Phi) is 193. The Morgan fingerprint density at radius 3 is 1.50 bits per heavy atom. The van der Waals surface area contributed by atoms with E-state index in [1.54, 1.807) is 0 Å². The van der Waals surface area contributed by atoms with Gasteiger partial charge in [-0.1, -0.05) is 0 Å². The van der Waals surface area contributed by atoms with E-state index in [0.717, 1.165) is 0 Å². The summed E-state index contributed by atoms with van der Waals surface area (Å²) in [7, 11) is 0. The molecule has 0 fully saturated rings. The molecule has 0 aliphatic carbocycles. The second kappa shape index (κ2) is 70.4. The van der Waals surface area contributed by atoms with E-state index in [2.05, 4.69) is 6.79 Å². The van der Waals surface area contributed by atoms with Crippen LogP contribution in [0.5, 0.6) is 0 Å². The fraction of sp³-hybridized carbons (Fsp3) is 0.333. The topological polar surface area (TPSA) is 34.1 Å². The fourth-order valence-corrected chi connectivity index (χ4v) is 0. The van der Waals surface area contributed by atoms with Gasteiger partial charge in [0.1, 0.15) is 0 Å². The molecule has 30 valence electrons. The first-order valence-electron chi connectivity index (χ1n) is 0.940. The Balaban J connectivity index is -0.0000000275. The third-order valence-electron chi connectivity index (χ3n) is 0. The quantitative estimate of drug-likeness (QED) is 0.231. The molecule has 0 atom stereocenters. The van der Waals surface area contributed by atoms with Gasteiger partial charge in [-0.05, 0) is 0 Å². The van der Waals surface area contributed by atoms with Crippen LogP contribution in [-0.4, -0.2) is 36.1 Å². The molecule has 2 nitrogen and oxygen atoms in total. The van der Waals surface area contributed by atoms with Crippen molar-refractivity contribution in [3.8, 4) is 0 Å². The van der Waals surface area contributed by atoms with E-state index in [9.17, 15) is 0 Å². The molecule has 0 radical (unpaired) electrons. The maximum atomic E-state index is 8.68. The standard InChI is InChI=1S/C2H3O.CHO.Mg/c1-2-3;1-2;/h1H3;1H;/q2*-1;+2. The van der Waals surface area contributed by atoms with E-state index < -0.39 is 0 Å². The van der Waals surface area contributed by atoms with Crippen LogP contribution in [0.4, 0.5) is 0 Å². The van der Waals surface area contributed by atoms with Crippen LogP contribution < -0.4 is 0 Å². The monoisotopic (exact) mass is 96.0 g/mol. The predicted molar refractivity (Wildman–Crippen MR) is 23.9 cm³/mol. The molecule has 0 aliphatic rings. The second-order valence-corrected chi connectivity index (χ2v) is 0.204. The summed E-state index contributed by atoms with van der Waals surface area (Å²) in [6, 6.07) is 0. The third kappa shape index (κ3) is 3510. The maximum absolute atomic E-state index is 8.68. The summed E-state index contributed by atoms with van der Waals surface area (Å²) in [5.41, 5.74) is 0. The summed E-state index contributed by atoms with van der Waals surface area (Å²) >= 11 is 0. The predicted octanol–water partition coefficient (Wildman–Crippen LogP) is -0.539. The van der Waals surface area contributed by atoms with Crippen LogP contribution in [0.15, 0.2) is 0 Å². The van der Waals surface area contributed by atoms with E-state index in [4.69, 9.17) is 9.59 Å². The van der Waals surface area contributed by atoms with Gasteiger partial charge in [-0.15, -0.1) is 0 Å². The van der Waals surface area contributed by atoms with E-state index in [0.29, 0.717) is 0 Å². The van der Waals surface area contributed by atoms with Crippen molar-refractivity contribution >= 4 is 36.1 Å². The van der Waals surface area contributed by atoms with Crippen molar-refractivity contribution in [3.63, 3.8) is 0 Å². The van der Waals surface area contributed by atoms with Gasteiger partial charge < -0.3 is 9.59 Å². The Labute approximate surface area is 53.1 Å². The SMILES string of the molecule is C[C-]=O.[CH-]=O.[Mg+2]. The van der Waals surface area contributed by atoms with Crippen LogP contribution in [0.25, 0.3) is 0 Å². The Hall–Kier alpha value is 0.106. The molecule has 3 heteroatoms. The molecule has 6 heavy (non-hydrogen) atoms. The van der Waals surface area contributed by atoms with Gasteiger partial charge in [0.2, 0.25) is 0 Å². The Bertz CT molecular complexity index is 22.8. The van der Waals surface area contributed by atoms with Crippen LogP contribution in [0.1, 0.15) is 6.92 Å². The van der Waals surface area contributed by atoms with Crippen molar-refractivity contribution in [1.82, 2.24) is 0 Å². The number of rotatable bonds is 0. The second-order valence-electron chi connectivity index (χ2n) is 0.204. The zero-order valence-corrected chi connectivity index (χ0v) is 5.02. The van der Waals surface area contributed by atoms with Crippen LogP contribution in [-0.2, 0) is 9.59 Å². The minimum absolute atomic E-state index is 0. The average Bonchev–Trinajstić information content (AvgIpc) is 1.46. The summed E-state index contributed by atoms with van der Waals surface area (Å²) in [4.78, 5) is 16.4. The largest absolute Gasteiger partial charge is 2.00 e. The summed E-state index contributed by atoms with van der Waals surface area (Å²) < 4.78 is 0. The molecular weight excluding hydrogens is 92.3 g/mol. The summed E-state index contributed by atoms with van der Waals surface area (Å²) in [6.07, 6.45) is 1.50. The minimum atomic E-state index is 0. The van der Waals surface area contributed by atoms with E-state index in [-0.39, 0.29) is 23.1 Å². The first kappa shape index (κ1) is 16.5. The maximum Gasteiger partial charge on any atom is 2.00 e. The smallest absolute Gasteiger partial charge is 0.545 e. The molecule has 0 saturated carbocycles. The fourth-order valence-electron chi connectivity index (χ4n) is 0. The summed E-state index contributed by atoms with van der Waals surface area (Å²) in [5, 5.41) is 0. The van der Waals surface area contributed by atoms with E-state index >= 15 is 0 Å². The van der Waals surface area contributed by atoms with Crippen molar-refractivity contribution in [1.29, 1.82) is 0 Å². The normalized spacial score (nSPS) is 2.83.